The average molecular weight is 380 g/mol. The molecule has 3 N–H and O–H groups in total. The molecule has 1 aliphatic carbocycles. The summed E-state index contributed by atoms with van der Waals surface area (Å²) in [6, 6.07) is 17.4. The number of para-hydroxylation sites is 1. The minimum atomic E-state index is -0.251. The minimum Gasteiger partial charge on any atom is -0.308 e. The normalized spacial score (nSPS) is 17.9. The third kappa shape index (κ3) is 5.74. The number of allylic oxidation sites excluding steroid dienone is 1. The van der Waals surface area contributed by atoms with Crippen LogP contribution in [0.3, 0.4) is 0 Å². The van der Waals surface area contributed by atoms with Crippen LogP contribution in [0, 0.1) is 0 Å². The fraction of sp³-hybridized carbons (Fsp3) is 0.227. The molecule has 1 unspecified atom stereocenters. The number of urea groups is 1. The summed E-state index contributed by atoms with van der Waals surface area (Å²) in [6.07, 6.45) is 5.37. The molecule has 1 atom stereocenters. The Labute approximate surface area is 165 Å². The van der Waals surface area contributed by atoms with E-state index in [1.165, 1.54) is 11.1 Å². The van der Waals surface area contributed by atoms with E-state index in [-0.39, 0.29) is 6.03 Å². The molecule has 5 heteroatoms. The molecular weight excluding hydrogens is 354 g/mol. The molecule has 0 heterocycles. The van der Waals surface area contributed by atoms with Crippen LogP contribution in [0.25, 0.3) is 0 Å². The molecule has 0 aromatic heterocycles. The molecule has 2 aromatic rings. The highest BCUT2D eigenvalue weighted by Crippen LogP contribution is 2.31. The molecule has 0 spiro atoms. The van der Waals surface area contributed by atoms with Crippen molar-refractivity contribution in [2.75, 3.05) is 10.6 Å². The van der Waals surface area contributed by atoms with Crippen LogP contribution in [0.2, 0.25) is 0 Å². The van der Waals surface area contributed by atoms with Crippen molar-refractivity contribution in [1.82, 2.24) is 4.72 Å². The van der Waals surface area contributed by atoms with E-state index in [0.29, 0.717) is 6.04 Å². The zero-order valence-electron chi connectivity index (χ0n) is 15.5. The van der Waals surface area contributed by atoms with Gasteiger partial charge in [0.25, 0.3) is 0 Å². The lowest BCUT2D eigenvalue weighted by Gasteiger charge is -2.11. The van der Waals surface area contributed by atoms with Crippen LogP contribution in [0.1, 0.15) is 26.2 Å². The largest absolute Gasteiger partial charge is 0.323 e. The molecular formula is C22H25N3OS. The monoisotopic (exact) mass is 379 g/mol. The quantitative estimate of drug-likeness (QED) is 0.541. The van der Waals surface area contributed by atoms with Crippen LogP contribution in [-0.2, 0) is 0 Å². The second-order valence-corrected chi connectivity index (χ2v) is 7.45. The molecule has 3 rings (SSSR count). The van der Waals surface area contributed by atoms with Gasteiger partial charge in [-0.05, 0) is 73.2 Å². The highest BCUT2D eigenvalue weighted by molar-refractivity contribution is 7.97. The predicted molar refractivity (Wildman–Crippen MR) is 115 cm³/mol. The van der Waals surface area contributed by atoms with Crippen LogP contribution in [0.15, 0.2) is 83.3 Å². The zero-order valence-corrected chi connectivity index (χ0v) is 16.3. The Morgan fingerprint density at radius 3 is 2.41 bits per heavy atom. The third-order valence-electron chi connectivity index (χ3n) is 4.35. The Balaban J connectivity index is 1.47. The zero-order chi connectivity index (χ0) is 19.1. The van der Waals surface area contributed by atoms with E-state index >= 15 is 0 Å². The average Bonchev–Trinajstić information content (AvgIpc) is 3.02. The number of nitrogens with one attached hydrogen (secondary N) is 3. The van der Waals surface area contributed by atoms with Gasteiger partial charge >= 0.3 is 6.03 Å². The maximum absolute atomic E-state index is 12.0. The summed E-state index contributed by atoms with van der Waals surface area (Å²) < 4.78 is 3.52. The summed E-state index contributed by atoms with van der Waals surface area (Å²) in [5.74, 6) is 0. The molecule has 1 fully saturated rings. The third-order valence-corrected chi connectivity index (χ3v) is 5.31. The van der Waals surface area contributed by atoms with Crippen molar-refractivity contribution in [3.63, 3.8) is 0 Å². The Morgan fingerprint density at radius 1 is 1.07 bits per heavy atom. The maximum atomic E-state index is 12.0. The van der Waals surface area contributed by atoms with Gasteiger partial charge in [0, 0.05) is 22.3 Å². The lowest BCUT2D eigenvalue weighted by Crippen LogP contribution is -2.19. The summed E-state index contributed by atoms with van der Waals surface area (Å²) in [4.78, 5) is 13.1. The van der Waals surface area contributed by atoms with E-state index in [1.54, 1.807) is 11.9 Å². The van der Waals surface area contributed by atoms with Gasteiger partial charge in [0.1, 0.15) is 0 Å². The fourth-order valence-electron chi connectivity index (χ4n) is 3.04. The smallest absolute Gasteiger partial charge is 0.308 e. The first-order valence-corrected chi connectivity index (χ1v) is 9.98. The van der Waals surface area contributed by atoms with E-state index < -0.39 is 0 Å². The molecule has 4 nitrogen and oxygen atoms in total. The van der Waals surface area contributed by atoms with E-state index in [4.69, 9.17) is 0 Å². The number of rotatable bonds is 6. The van der Waals surface area contributed by atoms with E-state index in [9.17, 15) is 4.79 Å². The molecule has 0 bridgehead atoms. The molecule has 2 amide bonds. The summed E-state index contributed by atoms with van der Waals surface area (Å²) in [6.45, 7) is 6.32. The van der Waals surface area contributed by atoms with Crippen molar-refractivity contribution in [1.29, 1.82) is 0 Å². The van der Waals surface area contributed by atoms with Crippen LogP contribution < -0.4 is 15.4 Å². The van der Waals surface area contributed by atoms with Crippen molar-refractivity contribution in [3.8, 4) is 0 Å². The second kappa shape index (κ2) is 9.44. The van der Waals surface area contributed by atoms with Gasteiger partial charge in [0.05, 0.1) is 0 Å². The second-order valence-electron chi connectivity index (χ2n) is 6.54. The lowest BCUT2D eigenvalue weighted by molar-refractivity contribution is 0.262. The van der Waals surface area contributed by atoms with Crippen LogP contribution in [0.4, 0.5) is 16.2 Å². The first-order chi connectivity index (χ1) is 13.1. The molecule has 1 saturated carbocycles. The van der Waals surface area contributed by atoms with Gasteiger partial charge in [-0.25, -0.2) is 4.79 Å². The van der Waals surface area contributed by atoms with Gasteiger partial charge in [0.2, 0.25) is 0 Å². The van der Waals surface area contributed by atoms with Crippen LogP contribution >= 0.6 is 11.9 Å². The highest BCUT2D eigenvalue weighted by atomic mass is 32.2. The Bertz CT molecular complexity index is 815. The first kappa shape index (κ1) is 19.3. The van der Waals surface area contributed by atoms with Gasteiger partial charge in [-0.15, -0.1) is 0 Å². The predicted octanol–water partition coefficient (Wildman–Crippen LogP) is 5.98. The molecule has 0 aliphatic heterocycles. The number of anilines is 2. The number of hydrogen-bond donors (Lipinski definition) is 3. The van der Waals surface area contributed by atoms with Gasteiger partial charge < -0.3 is 10.6 Å². The first-order valence-electron chi connectivity index (χ1n) is 9.16. The number of hydrogen-bond acceptors (Lipinski definition) is 3. The van der Waals surface area contributed by atoms with Crippen molar-refractivity contribution >= 4 is 29.4 Å². The number of amides is 2. The van der Waals surface area contributed by atoms with Crippen molar-refractivity contribution < 1.29 is 4.79 Å². The highest BCUT2D eigenvalue weighted by Gasteiger charge is 2.22. The van der Waals surface area contributed by atoms with Gasteiger partial charge in [-0.1, -0.05) is 43.4 Å². The van der Waals surface area contributed by atoms with Gasteiger partial charge in [-0.3, -0.25) is 4.72 Å². The number of carbonyl (C=O) groups excluding carboxylic acids is 1. The Hall–Kier alpha value is -2.50. The molecule has 0 saturated heterocycles. The summed E-state index contributed by atoms with van der Waals surface area (Å²) in [5.41, 5.74) is 4.16. The summed E-state index contributed by atoms with van der Waals surface area (Å²) in [5, 5.41) is 5.65. The summed E-state index contributed by atoms with van der Waals surface area (Å²) >= 11 is 1.62. The van der Waals surface area contributed by atoms with Crippen LogP contribution in [0.5, 0.6) is 0 Å². The molecule has 27 heavy (non-hydrogen) atoms. The minimum absolute atomic E-state index is 0.251. The Kier molecular flexibility index (Phi) is 6.74. The maximum Gasteiger partial charge on any atom is 0.323 e. The van der Waals surface area contributed by atoms with E-state index in [2.05, 4.69) is 34.9 Å². The van der Waals surface area contributed by atoms with Gasteiger partial charge in [-0.2, -0.15) is 0 Å². The topological polar surface area (TPSA) is 53.2 Å². The fourth-order valence-corrected chi connectivity index (χ4v) is 3.78. The SMILES string of the molecule is C=C1CC(NSc2ccc(NC(=O)Nc3ccccc3)cc2)C/C1=C/CC. The van der Waals surface area contributed by atoms with E-state index in [0.717, 1.165) is 35.5 Å². The lowest BCUT2D eigenvalue weighted by atomic mass is 10.1. The summed E-state index contributed by atoms with van der Waals surface area (Å²) in [7, 11) is 0. The van der Waals surface area contributed by atoms with Crippen molar-refractivity contribution in [3.05, 3.63) is 78.4 Å². The Morgan fingerprint density at radius 2 is 1.74 bits per heavy atom. The molecule has 0 radical (unpaired) electrons. The number of benzene rings is 2. The van der Waals surface area contributed by atoms with Crippen LogP contribution in [-0.4, -0.2) is 12.1 Å². The van der Waals surface area contributed by atoms with E-state index in [1.807, 2.05) is 54.6 Å². The standard InChI is InChI=1S/C22H25N3OS/c1-3-7-17-15-20(14-16(17)2)25-27-21-12-10-19(11-13-21)24-22(26)23-18-8-5-4-6-9-18/h4-13,20,25H,2-3,14-15H2,1H3,(H2,23,24,26)/b17-7-. The molecule has 140 valence electrons. The van der Waals surface area contributed by atoms with Crippen molar-refractivity contribution in [2.45, 2.75) is 37.1 Å². The number of carbonyl (C=O) groups is 1. The molecule has 1 aliphatic rings. The van der Waals surface area contributed by atoms with Gasteiger partial charge in [0.15, 0.2) is 0 Å². The van der Waals surface area contributed by atoms with Crippen molar-refractivity contribution in [2.24, 2.45) is 0 Å². The molecule has 2 aromatic carbocycles.